The predicted octanol–water partition coefficient (Wildman–Crippen LogP) is 3.56. The summed E-state index contributed by atoms with van der Waals surface area (Å²) < 4.78 is 0. The minimum atomic E-state index is 0.0226. The predicted molar refractivity (Wildman–Crippen MR) is 125 cm³/mol. The first kappa shape index (κ1) is 20.6. The molecule has 0 radical (unpaired) electrons. The molecule has 1 fully saturated rings. The Balaban J connectivity index is 1.37. The van der Waals surface area contributed by atoms with Crippen molar-refractivity contribution >= 4 is 27.4 Å². The summed E-state index contributed by atoms with van der Waals surface area (Å²) in [6.07, 6.45) is 7.22. The highest BCUT2D eigenvalue weighted by atomic mass is 32.1. The standard InChI is InChI=1S/C23H30N6OS/c1-14-8-9-17-18(12-14)31-23-20(17)22(30)25-21(26-23)15(2)28(3)13-16-6-5-11-29(16)19-7-4-10-24-27-19/h4,7,10,14-16H,5-6,8-9,11-13H2,1-3H3,(H,25,26,30). The largest absolute Gasteiger partial charge is 0.351 e. The van der Waals surface area contributed by atoms with Gasteiger partial charge in [0.15, 0.2) is 5.82 Å². The molecule has 164 valence electrons. The van der Waals surface area contributed by atoms with E-state index in [4.69, 9.17) is 4.98 Å². The van der Waals surface area contributed by atoms with Gasteiger partial charge in [-0.05, 0) is 69.7 Å². The van der Waals surface area contributed by atoms with Crippen molar-refractivity contribution in [3.05, 3.63) is 44.9 Å². The number of anilines is 1. The normalized spacial score (nSPS) is 22.3. The second kappa shape index (κ2) is 8.31. The highest BCUT2D eigenvalue weighted by Crippen LogP contribution is 2.36. The summed E-state index contributed by atoms with van der Waals surface area (Å²) in [6.45, 7) is 6.31. The van der Waals surface area contributed by atoms with E-state index in [0.717, 1.165) is 67.1 Å². The van der Waals surface area contributed by atoms with Crippen molar-refractivity contribution in [3.8, 4) is 0 Å². The fourth-order valence-electron chi connectivity index (χ4n) is 5.04. The van der Waals surface area contributed by atoms with Crippen LogP contribution >= 0.6 is 11.3 Å². The fourth-order valence-corrected chi connectivity index (χ4v) is 6.43. The molecule has 3 unspecified atom stereocenters. The van der Waals surface area contributed by atoms with E-state index in [1.807, 2.05) is 12.1 Å². The van der Waals surface area contributed by atoms with Gasteiger partial charge in [0.05, 0.1) is 11.4 Å². The van der Waals surface area contributed by atoms with E-state index < -0.39 is 0 Å². The molecule has 3 aromatic rings. The summed E-state index contributed by atoms with van der Waals surface area (Å²) in [5.41, 5.74) is 1.26. The Morgan fingerprint density at radius 2 is 2.26 bits per heavy atom. The van der Waals surface area contributed by atoms with E-state index in [1.54, 1.807) is 17.5 Å². The average Bonchev–Trinajstić information content (AvgIpc) is 3.37. The molecular formula is C23H30N6OS. The van der Waals surface area contributed by atoms with Gasteiger partial charge < -0.3 is 9.88 Å². The van der Waals surface area contributed by atoms with Crippen molar-refractivity contribution in [2.45, 2.75) is 58.0 Å². The number of hydrogen-bond acceptors (Lipinski definition) is 7. The lowest BCUT2D eigenvalue weighted by Crippen LogP contribution is -2.40. The van der Waals surface area contributed by atoms with Gasteiger partial charge in [-0.15, -0.1) is 16.4 Å². The maximum absolute atomic E-state index is 13.0. The highest BCUT2D eigenvalue weighted by molar-refractivity contribution is 7.18. The van der Waals surface area contributed by atoms with E-state index >= 15 is 0 Å². The molecule has 1 N–H and O–H groups in total. The van der Waals surface area contributed by atoms with Crippen molar-refractivity contribution in [3.63, 3.8) is 0 Å². The van der Waals surface area contributed by atoms with Crippen LogP contribution in [0.4, 0.5) is 5.82 Å². The van der Waals surface area contributed by atoms with Gasteiger partial charge in [0, 0.05) is 30.2 Å². The van der Waals surface area contributed by atoms with Gasteiger partial charge in [-0.25, -0.2) is 4.98 Å². The van der Waals surface area contributed by atoms with Crippen molar-refractivity contribution in [2.24, 2.45) is 5.92 Å². The number of aromatic nitrogens is 4. The molecule has 7 nitrogen and oxygen atoms in total. The molecule has 31 heavy (non-hydrogen) atoms. The molecule has 0 saturated carbocycles. The Bertz CT molecular complexity index is 1130. The lowest BCUT2D eigenvalue weighted by molar-refractivity contribution is 0.236. The van der Waals surface area contributed by atoms with E-state index in [9.17, 15) is 4.79 Å². The van der Waals surface area contributed by atoms with Gasteiger partial charge in [0.1, 0.15) is 10.7 Å². The number of fused-ring (bicyclic) bond motifs is 3. The maximum atomic E-state index is 13.0. The molecule has 2 aliphatic rings. The van der Waals surface area contributed by atoms with Crippen LogP contribution < -0.4 is 10.5 Å². The van der Waals surface area contributed by atoms with Crippen LogP contribution in [0.1, 0.15) is 55.4 Å². The Morgan fingerprint density at radius 3 is 3.06 bits per heavy atom. The molecule has 3 atom stereocenters. The molecule has 1 aliphatic carbocycles. The molecule has 8 heteroatoms. The number of hydrogen-bond donors (Lipinski definition) is 1. The maximum Gasteiger partial charge on any atom is 0.259 e. The number of likely N-dealkylation sites (N-methyl/N-ethyl adjacent to an activating group) is 1. The van der Waals surface area contributed by atoms with Crippen molar-refractivity contribution in [1.82, 2.24) is 25.1 Å². The SMILES string of the molecule is CC1CCc2c(sc3nc(C(C)N(C)CC4CCCN4c4cccnn4)[nH]c(=O)c23)C1. The lowest BCUT2D eigenvalue weighted by Gasteiger charge is -2.31. The van der Waals surface area contributed by atoms with Crippen LogP contribution in [0.15, 0.2) is 23.1 Å². The van der Waals surface area contributed by atoms with Crippen molar-refractivity contribution in [1.29, 1.82) is 0 Å². The molecule has 0 bridgehead atoms. The van der Waals surface area contributed by atoms with E-state index in [2.05, 4.69) is 45.9 Å². The number of rotatable bonds is 5. The van der Waals surface area contributed by atoms with Crippen LogP contribution in [0.2, 0.25) is 0 Å². The number of nitrogens with zero attached hydrogens (tertiary/aromatic N) is 5. The molecule has 1 saturated heterocycles. The van der Waals surface area contributed by atoms with Crippen LogP contribution in [-0.2, 0) is 12.8 Å². The average molecular weight is 439 g/mol. The summed E-state index contributed by atoms with van der Waals surface area (Å²) in [4.78, 5) is 27.9. The summed E-state index contributed by atoms with van der Waals surface area (Å²) in [5.74, 6) is 2.39. The van der Waals surface area contributed by atoms with Gasteiger partial charge in [-0.2, -0.15) is 5.10 Å². The number of H-pyrrole nitrogens is 1. The fraction of sp³-hybridized carbons (Fsp3) is 0.565. The Hall–Kier alpha value is -2.32. The van der Waals surface area contributed by atoms with Gasteiger partial charge in [-0.1, -0.05) is 6.92 Å². The first-order valence-electron chi connectivity index (χ1n) is 11.3. The topological polar surface area (TPSA) is 78.0 Å². The van der Waals surface area contributed by atoms with Gasteiger partial charge >= 0.3 is 0 Å². The zero-order chi connectivity index (χ0) is 21.5. The van der Waals surface area contributed by atoms with Crippen molar-refractivity contribution < 1.29 is 0 Å². The Kier molecular flexibility index (Phi) is 5.52. The molecular weight excluding hydrogens is 408 g/mol. The number of nitrogens with one attached hydrogen (secondary N) is 1. The molecule has 1 aliphatic heterocycles. The summed E-state index contributed by atoms with van der Waals surface area (Å²) in [6, 6.07) is 4.38. The number of aryl methyl sites for hydroxylation is 1. The monoisotopic (exact) mass is 438 g/mol. The van der Waals surface area contributed by atoms with E-state index in [0.29, 0.717) is 12.0 Å². The third-order valence-corrected chi connectivity index (χ3v) is 8.12. The van der Waals surface area contributed by atoms with Crippen LogP contribution in [0.3, 0.4) is 0 Å². The second-order valence-corrected chi connectivity index (χ2v) is 10.3. The third kappa shape index (κ3) is 3.87. The number of thiophene rings is 1. The highest BCUT2D eigenvalue weighted by Gasteiger charge is 2.29. The van der Waals surface area contributed by atoms with Crippen LogP contribution in [0.25, 0.3) is 10.2 Å². The summed E-state index contributed by atoms with van der Waals surface area (Å²) in [5, 5.41) is 9.17. The second-order valence-electron chi connectivity index (χ2n) is 9.17. The minimum absolute atomic E-state index is 0.0226. The van der Waals surface area contributed by atoms with Crippen LogP contribution in [0.5, 0.6) is 0 Å². The first-order chi connectivity index (χ1) is 15.0. The molecule has 5 rings (SSSR count). The number of aromatic amines is 1. The quantitative estimate of drug-likeness (QED) is 0.656. The molecule has 3 aromatic heterocycles. The van der Waals surface area contributed by atoms with Gasteiger partial charge in [0.25, 0.3) is 5.56 Å². The smallest absolute Gasteiger partial charge is 0.259 e. The Morgan fingerprint density at radius 1 is 1.39 bits per heavy atom. The Labute approximate surface area is 186 Å². The van der Waals surface area contributed by atoms with Gasteiger partial charge in [0.2, 0.25) is 0 Å². The minimum Gasteiger partial charge on any atom is -0.351 e. The molecule has 4 heterocycles. The first-order valence-corrected chi connectivity index (χ1v) is 12.1. The molecule has 0 amide bonds. The third-order valence-electron chi connectivity index (χ3n) is 6.97. The zero-order valence-corrected chi connectivity index (χ0v) is 19.3. The van der Waals surface area contributed by atoms with E-state index in [1.165, 1.54) is 10.4 Å². The van der Waals surface area contributed by atoms with E-state index in [-0.39, 0.29) is 11.6 Å². The lowest BCUT2D eigenvalue weighted by atomic mass is 9.89. The van der Waals surface area contributed by atoms with Crippen molar-refractivity contribution in [2.75, 3.05) is 25.0 Å². The summed E-state index contributed by atoms with van der Waals surface area (Å²) in [7, 11) is 2.11. The molecule has 0 spiro atoms. The molecule has 0 aromatic carbocycles. The van der Waals surface area contributed by atoms with Crippen LogP contribution in [-0.4, -0.2) is 51.2 Å². The van der Waals surface area contributed by atoms with Gasteiger partial charge in [-0.3, -0.25) is 9.69 Å². The zero-order valence-electron chi connectivity index (χ0n) is 18.5. The van der Waals surface area contributed by atoms with Crippen LogP contribution in [0, 0.1) is 5.92 Å². The summed E-state index contributed by atoms with van der Waals surface area (Å²) >= 11 is 1.72.